The second-order valence-electron chi connectivity index (χ2n) is 3.62. The molecule has 0 spiro atoms. The molecule has 2 aromatic rings. The standard InChI is InChI=1S/C10H14N4OS/c1-7-5-16-10(13-7)3-14-6-12-2-9(14)8(11)4-15/h2,5-6,8,15H,3-4,11H2,1H3. The van der Waals surface area contributed by atoms with Gasteiger partial charge in [-0.1, -0.05) is 0 Å². The summed E-state index contributed by atoms with van der Waals surface area (Å²) in [5.41, 5.74) is 7.62. The van der Waals surface area contributed by atoms with Gasteiger partial charge in [0.15, 0.2) is 0 Å². The predicted octanol–water partition coefficient (Wildman–Crippen LogP) is 0.688. The zero-order chi connectivity index (χ0) is 11.5. The van der Waals surface area contributed by atoms with E-state index in [0.29, 0.717) is 6.54 Å². The summed E-state index contributed by atoms with van der Waals surface area (Å²) in [7, 11) is 0. The van der Waals surface area contributed by atoms with E-state index in [0.717, 1.165) is 16.4 Å². The van der Waals surface area contributed by atoms with Crippen molar-refractivity contribution >= 4 is 11.3 Å². The van der Waals surface area contributed by atoms with Crippen LogP contribution in [0.4, 0.5) is 0 Å². The molecule has 0 saturated heterocycles. The largest absolute Gasteiger partial charge is 0.394 e. The number of nitrogens with two attached hydrogens (primary N) is 1. The van der Waals surface area contributed by atoms with Crippen molar-refractivity contribution < 1.29 is 5.11 Å². The Morgan fingerprint density at radius 2 is 2.44 bits per heavy atom. The highest BCUT2D eigenvalue weighted by Crippen LogP contribution is 2.14. The molecule has 1 atom stereocenters. The Morgan fingerprint density at radius 1 is 1.62 bits per heavy atom. The lowest BCUT2D eigenvalue weighted by Crippen LogP contribution is -2.18. The SMILES string of the molecule is Cc1csc(Cn2cncc2C(N)CO)n1. The summed E-state index contributed by atoms with van der Waals surface area (Å²) in [6.07, 6.45) is 3.39. The lowest BCUT2D eigenvalue weighted by Gasteiger charge is -2.10. The molecule has 2 heterocycles. The number of aliphatic hydroxyl groups is 1. The van der Waals surface area contributed by atoms with Crippen LogP contribution in [0.3, 0.4) is 0 Å². The highest BCUT2D eigenvalue weighted by Gasteiger charge is 2.11. The summed E-state index contributed by atoms with van der Waals surface area (Å²) in [4.78, 5) is 8.42. The average molecular weight is 238 g/mol. The molecule has 16 heavy (non-hydrogen) atoms. The molecule has 6 heteroatoms. The van der Waals surface area contributed by atoms with E-state index < -0.39 is 0 Å². The molecule has 0 radical (unpaired) electrons. The highest BCUT2D eigenvalue weighted by molar-refractivity contribution is 7.09. The Bertz CT molecular complexity index is 465. The highest BCUT2D eigenvalue weighted by atomic mass is 32.1. The fourth-order valence-corrected chi connectivity index (χ4v) is 2.26. The van der Waals surface area contributed by atoms with Crippen LogP contribution in [0.5, 0.6) is 0 Å². The number of thiazole rings is 1. The molecule has 3 N–H and O–H groups in total. The molecule has 2 aromatic heterocycles. The van der Waals surface area contributed by atoms with Crippen LogP contribution in [0.2, 0.25) is 0 Å². The van der Waals surface area contributed by atoms with Crippen LogP contribution < -0.4 is 5.73 Å². The van der Waals surface area contributed by atoms with Crippen molar-refractivity contribution in [3.8, 4) is 0 Å². The number of hydrogen-bond acceptors (Lipinski definition) is 5. The molecule has 0 aliphatic carbocycles. The van der Waals surface area contributed by atoms with E-state index in [1.165, 1.54) is 0 Å². The molecular weight excluding hydrogens is 224 g/mol. The first-order valence-electron chi connectivity index (χ1n) is 4.98. The van der Waals surface area contributed by atoms with Crippen LogP contribution in [0.15, 0.2) is 17.9 Å². The van der Waals surface area contributed by atoms with Crippen LogP contribution in [-0.2, 0) is 6.54 Å². The third-order valence-electron chi connectivity index (χ3n) is 2.29. The fraction of sp³-hybridized carbons (Fsp3) is 0.400. The zero-order valence-electron chi connectivity index (χ0n) is 9.00. The third kappa shape index (κ3) is 2.29. The smallest absolute Gasteiger partial charge is 0.113 e. The van der Waals surface area contributed by atoms with E-state index in [-0.39, 0.29) is 12.6 Å². The van der Waals surface area contributed by atoms with Gasteiger partial charge in [-0.05, 0) is 6.92 Å². The van der Waals surface area contributed by atoms with Crippen molar-refractivity contribution in [3.63, 3.8) is 0 Å². The lowest BCUT2D eigenvalue weighted by molar-refractivity contribution is 0.263. The Kier molecular flexibility index (Phi) is 3.33. The maximum absolute atomic E-state index is 9.02. The number of rotatable bonds is 4. The topological polar surface area (TPSA) is 77.0 Å². The van der Waals surface area contributed by atoms with Crippen molar-refractivity contribution in [2.75, 3.05) is 6.61 Å². The molecule has 0 amide bonds. The van der Waals surface area contributed by atoms with Gasteiger partial charge in [-0.15, -0.1) is 11.3 Å². The molecule has 0 aromatic carbocycles. The number of nitrogens with zero attached hydrogens (tertiary/aromatic N) is 3. The summed E-state index contributed by atoms with van der Waals surface area (Å²) >= 11 is 1.61. The first-order chi connectivity index (χ1) is 7.70. The van der Waals surface area contributed by atoms with E-state index in [1.54, 1.807) is 23.9 Å². The summed E-state index contributed by atoms with van der Waals surface area (Å²) in [5, 5.41) is 12.0. The fourth-order valence-electron chi connectivity index (χ4n) is 1.49. The molecule has 86 valence electrons. The van der Waals surface area contributed by atoms with Gasteiger partial charge in [0.2, 0.25) is 0 Å². The van der Waals surface area contributed by atoms with Crippen molar-refractivity contribution in [3.05, 3.63) is 34.3 Å². The second-order valence-corrected chi connectivity index (χ2v) is 4.56. The minimum atomic E-state index is -0.386. The van der Waals surface area contributed by atoms with Crippen LogP contribution in [0.1, 0.15) is 22.4 Å². The minimum absolute atomic E-state index is 0.0808. The van der Waals surface area contributed by atoms with E-state index in [9.17, 15) is 0 Å². The first-order valence-corrected chi connectivity index (χ1v) is 5.86. The zero-order valence-corrected chi connectivity index (χ0v) is 9.81. The van der Waals surface area contributed by atoms with E-state index in [1.807, 2.05) is 16.9 Å². The van der Waals surface area contributed by atoms with Gasteiger partial charge in [-0.2, -0.15) is 0 Å². The van der Waals surface area contributed by atoms with E-state index in [4.69, 9.17) is 10.8 Å². The van der Waals surface area contributed by atoms with Gasteiger partial charge in [0.25, 0.3) is 0 Å². The summed E-state index contributed by atoms with van der Waals surface area (Å²) in [6, 6.07) is -0.386. The van der Waals surface area contributed by atoms with Crippen LogP contribution in [0.25, 0.3) is 0 Å². The Morgan fingerprint density at radius 3 is 3.06 bits per heavy atom. The van der Waals surface area contributed by atoms with Gasteiger partial charge in [0.1, 0.15) is 5.01 Å². The van der Waals surface area contributed by atoms with Crippen LogP contribution in [0, 0.1) is 6.92 Å². The van der Waals surface area contributed by atoms with Crippen molar-refractivity contribution in [2.24, 2.45) is 5.73 Å². The molecule has 1 unspecified atom stereocenters. The summed E-state index contributed by atoms with van der Waals surface area (Å²) < 4.78 is 1.92. The Hall–Kier alpha value is -1.24. The molecular formula is C10H14N4OS. The summed E-state index contributed by atoms with van der Waals surface area (Å²) in [5.74, 6) is 0. The van der Waals surface area contributed by atoms with E-state index in [2.05, 4.69) is 9.97 Å². The molecule has 0 saturated carbocycles. The second kappa shape index (κ2) is 4.73. The van der Waals surface area contributed by atoms with Gasteiger partial charge >= 0.3 is 0 Å². The van der Waals surface area contributed by atoms with Crippen LogP contribution in [-0.4, -0.2) is 26.2 Å². The van der Waals surface area contributed by atoms with Gasteiger partial charge in [-0.3, -0.25) is 0 Å². The maximum atomic E-state index is 9.02. The molecule has 0 fully saturated rings. The monoisotopic (exact) mass is 238 g/mol. The molecule has 2 rings (SSSR count). The molecule has 0 aliphatic heterocycles. The number of hydrogen-bond donors (Lipinski definition) is 2. The quantitative estimate of drug-likeness (QED) is 0.821. The Labute approximate surface area is 97.6 Å². The molecule has 0 aliphatic rings. The number of aryl methyl sites for hydroxylation is 1. The normalized spacial score (nSPS) is 12.9. The minimum Gasteiger partial charge on any atom is -0.394 e. The lowest BCUT2D eigenvalue weighted by atomic mass is 10.2. The number of imidazole rings is 1. The first kappa shape index (κ1) is 11.3. The van der Waals surface area contributed by atoms with Gasteiger partial charge in [0.05, 0.1) is 31.2 Å². The van der Waals surface area contributed by atoms with Crippen molar-refractivity contribution in [1.82, 2.24) is 14.5 Å². The number of aromatic nitrogens is 3. The van der Waals surface area contributed by atoms with Crippen LogP contribution >= 0.6 is 11.3 Å². The van der Waals surface area contributed by atoms with E-state index >= 15 is 0 Å². The summed E-state index contributed by atoms with van der Waals surface area (Å²) in [6.45, 7) is 2.54. The van der Waals surface area contributed by atoms with Gasteiger partial charge < -0.3 is 15.4 Å². The number of aliphatic hydroxyl groups excluding tert-OH is 1. The third-order valence-corrected chi connectivity index (χ3v) is 3.24. The average Bonchev–Trinajstić information content (AvgIpc) is 2.87. The molecule has 0 bridgehead atoms. The van der Waals surface area contributed by atoms with Crippen molar-refractivity contribution in [1.29, 1.82) is 0 Å². The van der Waals surface area contributed by atoms with Gasteiger partial charge in [0, 0.05) is 17.3 Å². The Balaban J connectivity index is 2.18. The molecule has 5 nitrogen and oxygen atoms in total. The van der Waals surface area contributed by atoms with Crippen molar-refractivity contribution in [2.45, 2.75) is 19.5 Å². The predicted molar refractivity (Wildman–Crippen MR) is 62.2 cm³/mol. The van der Waals surface area contributed by atoms with Gasteiger partial charge in [-0.25, -0.2) is 9.97 Å². The maximum Gasteiger partial charge on any atom is 0.113 e.